The van der Waals surface area contributed by atoms with Crippen molar-refractivity contribution in [2.24, 2.45) is 5.92 Å². The van der Waals surface area contributed by atoms with Gasteiger partial charge in [0.25, 0.3) is 10.2 Å². The van der Waals surface area contributed by atoms with Gasteiger partial charge in [-0.25, -0.2) is 4.72 Å². The first-order chi connectivity index (χ1) is 12.6. The lowest BCUT2D eigenvalue weighted by molar-refractivity contribution is -0.179. The molecule has 4 aliphatic rings. The molecule has 0 aromatic rings. The van der Waals surface area contributed by atoms with Crippen LogP contribution in [0, 0.1) is 5.92 Å². The highest BCUT2D eigenvalue weighted by Gasteiger charge is 2.42. The number of piperidine rings is 2. The Morgan fingerprint density at radius 2 is 1.65 bits per heavy atom. The van der Waals surface area contributed by atoms with E-state index in [1.807, 2.05) is 0 Å². The van der Waals surface area contributed by atoms with Crippen molar-refractivity contribution in [3.63, 3.8) is 0 Å². The molecule has 0 bridgehead atoms. The summed E-state index contributed by atoms with van der Waals surface area (Å²) in [6.07, 6.45) is 9.16. The molecule has 0 aromatic heterocycles. The smallest absolute Gasteiger partial charge is 0.279 e. The third-order valence-electron chi connectivity index (χ3n) is 6.68. The minimum Gasteiger partial charge on any atom is -0.347 e. The molecule has 1 spiro atoms. The van der Waals surface area contributed by atoms with Gasteiger partial charge in [0.1, 0.15) is 0 Å². The zero-order valence-corrected chi connectivity index (χ0v) is 16.5. The van der Waals surface area contributed by atoms with E-state index in [0.717, 1.165) is 19.0 Å². The Balaban J connectivity index is 1.25. The van der Waals surface area contributed by atoms with Gasteiger partial charge in [0.15, 0.2) is 5.79 Å². The zero-order chi connectivity index (χ0) is 18.0. The average molecular weight is 388 g/mol. The van der Waals surface area contributed by atoms with E-state index in [4.69, 9.17) is 9.47 Å². The molecule has 1 N–H and O–H groups in total. The van der Waals surface area contributed by atoms with Crippen LogP contribution in [0.25, 0.3) is 0 Å². The van der Waals surface area contributed by atoms with Gasteiger partial charge < -0.3 is 9.47 Å². The molecule has 8 heteroatoms. The van der Waals surface area contributed by atoms with E-state index < -0.39 is 16.0 Å². The number of nitrogens with zero attached hydrogens (tertiary/aromatic N) is 2. The van der Waals surface area contributed by atoms with Crippen LogP contribution in [0.15, 0.2) is 0 Å². The summed E-state index contributed by atoms with van der Waals surface area (Å²) in [4.78, 5) is 2.53. The maximum atomic E-state index is 12.6. The number of ether oxygens (including phenoxy) is 2. The maximum Gasteiger partial charge on any atom is 0.279 e. The van der Waals surface area contributed by atoms with Gasteiger partial charge in [0, 0.05) is 45.1 Å². The Morgan fingerprint density at radius 1 is 0.962 bits per heavy atom. The van der Waals surface area contributed by atoms with Crippen LogP contribution in [-0.2, 0) is 19.7 Å². The van der Waals surface area contributed by atoms with E-state index in [-0.39, 0.29) is 0 Å². The topological polar surface area (TPSA) is 71.1 Å². The first-order valence-corrected chi connectivity index (χ1v) is 11.8. The molecule has 26 heavy (non-hydrogen) atoms. The van der Waals surface area contributed by atoms with Crippen molar-refractivity contribution in [2.75, 3.05) is 45.9 Å². The van der Waals surface area contributed by atoms with E-state index >= 15 is 0 Å². The van der Waals surface area contributed by atoms with Crippen molar-refractivity contribution in [3.8, 4) is 0 Å². The largest absolute Gasteiger partial charge is 0.347 e. The first-order valence-electron chi connectivity index (χ1n) is 10.3. The van der Waals surface area contributed by atoms with Gasteiger partial charge in [-0.1, -0.05) is 12.8 Å². The summed E-state index contributed by atoms with van der Waals surface area (Å²) in [7, 11) is -3.41. The molecule has 3 aliphatic heterocycles. The minimum atomic E-state index is -3.41. The molecular weight excluding hydrogens is 354 g/mol. The quantitative estimate of drug-likeness (QED) is 0.770. The van der Waals surface area contributed by atoms with Gasteiger partial charge in [-0.2, -0.15) is 12.7 Å². The Morgan fingerprint density at radius 3 is 2.42 bits per heavy atom. The molecule has 3 saturated heterocycles. The number of rotatable bonds is 5. The number of likely N-dealkylation sites (tertiary alicyclic amines) is 1. The number of hydrogen-bond acceptors (Lipinski definition) is 5. The van der Waals surface area contributed by atoms with E-state index in [0.29, 0.717) is 51.7 Å². The van der Waals surface area contributed by atoms with Crippen LogP contribution in [0.2, 0.25) is 0 Å². The van der Waals surface area contributed by atoms with E-state index in [9.17, 15) is 8.42 Å². The van der Waals surface area contributed by atoms with Crippen molar-refractivity contribution >= 4 is 10.2 Å². The third-order valence-corrected chi connectivity index (χ3v) is 8.29. The summed E-state index contributed by atoms with van der Waals surface area (Å²) in [6.45, 7) is 4.59. The molecule has 4 fully saturated rings. The van der Waals surface area contributed by atoms with Crippen molar-refractivity contribution in [2.45, 2.75) is 63.2 Å². The van der Waals surface area contributed by atoms with Crippen molar-refractivity contribution in [1.82, 2.24) is 13.9 Å². The molecule has 0 radical (unpaired) electrons. The van der Waals surface area contributed by atoms with Gasteiger partial charge in [0.2, 0.25) is 0 Å². The molecule has 4 rings (SSSR count). The SMILES string of the molecule is O=S(=O)(NCCN1CCC[C@@H]2CCCC[C@H]21)N1CCC2(CC1)OCCO2. The highest BCUT2D eigenvalue weighted by atomic mass is 32.2. The standard InChI is InChI=1S/C18H33N3O4S/c22-26(23,21-11-7-18(8-12-21)24-14-15-25-18)19-9-13-20-10-3-5-16-4-1-2-6-17(16)20/h16-17,19H,1-15H2/t16-,17+/m0/s1. The summed E-state index contributed by atoms with van der Waals surface area (Å²) >= 11 is 0. The van der Waals surface area contributed by atoms with Gasteiger partial charge in [0.05, 0.1) is 13.2 Å². The Kier molecular flexibility index (Phi) is 5.88. The second-order valence-electron chi connectivity index (χ2n) is 8.20. The number of fused-ring (bicyclic) bond motifs is 1. The van der Waals surface area contributed by atoms with Crippen LogP contribution in [0.5, 0.6) is 0 Å². The summed E-state index contributed by atoms with van der Waals surface area (Å²) < 4.78 is 41.0. The third kappa shape index (κ3) is 4.10. The Bertz CT molecular complexity index is 567. The number of hydrogen-bond donors (Lipinski definition) is 1. The van der Waals surface area contributed by atoms with Gasteiger partial charge >= 0.3 is 0 Å². The maximum absolute atomic E-state index is 12.6. The molecule has 1 saturated carbocycles. The molecule has 3 heterocycles. The summed E-state index contributed by atoms with van der Waals surface area (Å²) in [5, 5.41) is 0. The second kappa shape index (κ2) is 8.01. The molecular formula is C18H33N3O4S. The second-order valence-corrected chi connectivity index (χ2v) is 9.95. The first kappa shape index (κ1) is 19.1. The van der Waals surface area contributed by atoms with Crippen LogP contribution in [0.4, 0.5) is 0 Å². The van der Waals surface area contributed by atoms with E-state index in [2.05, 4.69) is 9.62 Å². The molecule has 0 amide bonds. The molecule has 0 unspecified atom stereocenters. The molecule has 2 atom stereocenters. The fraction of sp³-hybridized carbons (Fsp3) is 1.00. The highest BCUT2D eigenvalue weighted by Crippen LogP contribution is 2.35. The van der Waals surface area contributed by atoms with Crippen LogP contribution in [0.3, 0.4) is 0 Å². The summed E-state index contributed by atoms with van der Waals surface area (Å²) in [5.74, 6) is 0.300. The molecule has 150 valence electrons. The molecule has 1 aliphatic carbocycles. The fourth-order valence-corrected chi connectivity index (χ4v) is 6.46. The normalized spacial score (nSPS) is 33.4. The monoisotopic (exact) mass is 387 g/mol. The zero-order valence-electron chi connectivity index (χ0n) is 15.7. The lowest BCUT2D eigenvalue weighted by Gasteiger charge is -2.44. The summed E-state index contributed by atoms with van der Waals surface area (Å²) in [5.41, 5.74) is 0. The van der Waals surface area contributed by atoms with E-state index in [1.165, 1.54) is 38.5 Å². The van der Waals surface area contributed by atoms with Crippen LogP contribution < -0.4 is 4.72 Å². The van der Waals surface area contributed by atoms with Crippen LogP contribution >= 0.6 is 0 Å². The van der Waals surface area contributed by atoms with Crippen molar-refractivity contribution < 1.29 is 17.9 Å². The van der Waals surface area contributed by atoms with Crippen LogP contribution in [-0.4, -0.2) is 75.4 Å². The van der Waals surface area contributed by atoms with Gasteiger partial charge in [-0.15, -0.1) is 0 Å². The van der Waals surface area contributed by atoms with E-state index in [1.54, 1.807) is 4.31 Å². The number of nitrogens with one attached hydrogen (secondary N) is 1. The summed E-state index contributed by atoms with van der Waals surface area (Å²) in [6, 6.07) is 0.675. The predicted molar refractivity (Wildman–Crippen MR) is 98.9 cm³/mol. The van der Waals surface area contributed by atoms with Gasteiger partial charge in [-0.05, 0) is 38.1 Å². The predicted octanol–water partition coefficient (Wildman–Crippen LogP) is 1.31. The van der Waals surface area contributed by atoms with Crippen molar-refractivity contribution in [1.29, 1.82) is 0 Å². The lowest BCUT2D eigenvalue weighted by Crippen LogP contribution is -2.53. The highest BCUT2D eigenvalue weighted by molar-refractivity contribution is 7.87. The Labute approximate surface area is 157 Å². The van der Waals surface area contributed by atoms with Crippen molar-refractivity contribution in [3.05, 3.63) is 0 Å². The molecule has 0 aromatic carbocycles. The Hall–Kier alpha value is -0.250. The fourth-order valence-electron chi connectivity index (χ4n) is 5.27. The van der Waals surface area contributed by atoms with Crippen LogP contribution in [0.1, 0.15) is 51.4 Å². The molecule has 7 nitrogen and oxygen atoms in total. The lowest BCUT2D eigenvalue weighted by atomic mass is 9.78. The average Bonchev–Trinajstić information content (AvgIpc) is 3.10. The van der Waals surface area contributed by atoms with Gasteiger partial charge in [-0.3, -0.25) is 4.90 Å². The minimum absolute atomic E-state index is 0.462.